The molecule has 2 heterocycles. The summed E-state index contributed by atoms with van der Waals surface area (Å²) >= 11 is 0. The van der Waals surface area contributed by atoms with Crippen LogP contribution in [0.2, 0.25) is 0 Å². The normalized spacial score (nSPS) is 32.3. The van der Waals surface area contributed by atoms with E-state index in [0.29, 0.717) is 6.42 Å². The van der Waals surface area contributed by atoms with Crippen molar-refractivity contribution < 1.29 is 14.3 Å². The van der Waals surface area contributed by atoms with E-state index < -0.39 is 0 Å². The summed E-state index contributed by atoms with van der Waals surface area (Å²) in [6, 6.07) is 7.77. The van der Waals surface area contributed by atoms with E-state index in [1.54, 1.807) is 0 Å². The average molecular weight is 275 g/mol. The minimum atomic E-state index is -0.249. The molecule has 0 spiro atoms. The molecule has 1 fully saturated rings. The Morgan fingerprint density at radius 2 is 1.95 bits per heavy atom. The van der Waals surface area contributed by atoms with Crippen molar-refractivity contribution in [3.63, 3.8) is 0 Å². The smallest absolute Gasteiger partial charge is 0.329 e. The monoisotopic (exact) mass is 275 g/mol. The summed E-state index contributed by atoms with van der Waals surface area (Å²) < 4.78 is 11.3. The van der Waals surface area contributed by atoms with Gasteiger partial charge < -0.3 is 14.8 Å². The minimum Gasteiger partial charge on any atom is -0.461 e. The van der Waals surface area contributed by atoms with E-state index in [4.69, 9.17) is 9.47 Å². The largest absolute Gasteiger partial charge is 0.461 e. The highest BCUT2D eigenvalue weighted by atomic mass is 16.6. The highest BCUT2D eigenvalue weighted by molar-refractivity contribution is 5.83. The molecule has 3 atom stereocenters. The highest BCUT2D eigenvalue weighted by Gasteiger charge is 2.32. The van der Waals surface area contributed by atoms with Crippen LogP contribution in [0.25, 0.3) is 0 Å². The fourth-order valence-corrected chi connectivity index (χ4v) is 3.13. The second-order valence-corrected chi connectivity index (χ2v) is 5.85. The lowest BCUT2D eigenvalue weighted by atomic mass is 10.0. The van der Waals surface area contributed by atoms with E-state index >= 15 is 0 Å². The number of esters is 1. The lowest BCUT2D eigenvalue weighted by molar-refractivity contribution is -0.160. The van der Waals surface area contributed by atoms with Crippen LogP contribution >= 0.6 is 0 Å². The van der Waals surface area contributed by atoms with Crippen LogP contribution in [0.5, 0.6) is 0 Å². The van der Waals surface area contributed by atoms with Crippen molar-refractivity contribution in [3.8, 4) is 0 Å². The number of carbonyl (C=O) groups excluding carboxylic acids is 1. The van der Waals surface area contributed by atoms with Crippen LogP contribution in [-0.2, 0) is 20.7 Å². The first-order valence-electron chi connectivity index (χ1n) is 7.32. The van der Waals surface area contributed by atoms with Crippen molar-refractivity contribution in [1.29, 1.82) is 0 Å². The Kier molecular flexibility index (Phi) is 3.66. The number of ether oxygens (including phenoxy) is 2. The minimum absolute atomic E-state index is 0.0215. The van der Waals surface area contributed by atoms with E-state index in [1.165, 1.54) is 5.56 Å². The molecule has 1 aromatic rings. The van der Waals surface area contributed by atoms with Gasteiger partial charge in [-0.2, -0.15) is 0 Å². The average Bonchev–Trinajstić information content (AvgIpc) is 2.81. The predicted octanol–water partition coefficient (Wildman–Crippen LogP) is 2.52. The van der Waals surface area contributed by atoms with Crippen molar-refractivity contribution in [2.24, 2.45) is 0 Å². The number of anilines is 1. The van der Waals surface area contributed by atoms with Crippen molar-refractivity contribution in [1.82, 2.24) is 0 Å². The number of rotatable bonds is 2. The molecule has 2 aliphatic heterocycles. The van der Waals surface area contributed by atoms with E-state index in [-0.39, 0.29) is 30.3 Å². The van der Waals surface area contributed by atoms with Gasteiger partial charge in [-0.15, -0.1) is 0 Å². The summed E-state index contributed by atoms with van der Waals surface area (Å²) in [7, 11) is 0. The van der Waals surface area contributed by atoms with Crippen LogP contribution in [0.15, 0.2) is 24.3 Å². The highest BCUT2D eigenvalue weighted by Crippen LogP contribution is 2.27. The van der Waals surface area contributed by atoms with Crippen molar-refractivity contribution >= 4 is 11.7 Å². The Bertz CT molecular complexity index is 467. The van der Waals surface area contributed by atoms with E-state index in [9.17, 15) is 4.79 Å². The number of hydrogen-bond donors (Lipinski definition) is 1. The molecule has 0 radical (unpaired) electrons. The maximum atomic E-state index is 12.3. The molecular weight excluding hydrogens is 254 g/mol. The molecule has 20 heavy (non-hydrogen) atoms. The lowest BCUT2D eigenvalue weighted by Gasteiger charge is -2.32. The summed E-state index contributed by atoms with van der Waals surface area (Å²) in [4.78, 5) is 12.3. The Morgan fingerprint density at radius 1 is 1.25 bits per heavy atom. The van der Waals surface area contributed by atoms with Gasteiger partial charge >= 0.3 is 5.97 Å². The summed E-state index contributed by atoms with van der Waals surface area (Å²) in [5.41, 5.74) is 2.23. The number of para-hydroxylation sites is 1. The van der Waals surface area contributed by atoms with Crippen LogP contribution in [-0.4, -0.2) is 30.3 Å². The fraction of sp³-hybridized carbons (Fsp3) is 0.562. The Hall–Kier alpha value is -1.55. The Labute approximate surface area is 119 Å². The topological polar surface area (TPSA) is 47.6 Å². The third-order valence-electron chi connectivity index (χ3n) is 3.99. The summed E-state index contributed by atoms with van der Waals surface area (Å²) in [6.45, 7) is 4.06. The van der Waals surface area contributed by atoms with Crippen LogP contribution < -0.4 is 5.32 Å². The summed E-state index contributed by atoms with van der Waals surface area (Å²) in [5.74, 6) is -0.146. The number of carbonyl (C=O) groups is 1. The van der Waals surface area contributed by atoms with Gasteiger partial charge in [-0.1, -0.05) is 18.2 Å². The Balaban J connectivity index is 1.58. The van der Waals surface area contributed by atoms with Gasteiger partial charge in [0.05, 0.1) is 12.2 Å². The van der Waals surface area contributed by atoms with Gasteiger partial charge in [-0.05, 0) is 25.5 Å². The maximum Gasteiger partial charge on any atom is 0.329 e. The number of fused-ring (bicyclic) bond motifs is 1. The van der Waals surface area contributed by atoms with Crippen LogP contribution in [0.1, 0.15) is 32.3 Å². The van der Waals surface area contributed by atoms with Gasteiger partial charge in [-0.3, -0.25) is 0 Å². The number of nitrogens with one attached hydrogen (secondary N) is 1. The molecule has 0 aliphatic carbocycles. The van der Waals surface area contributed by atoms with Gasteiger partial charge in [0, 0.05) is 24.9 Å². The van der Waals surface area contributed by atoms with E-state index in [0.717, 1.165) is 18.5 Å². The quantitative estimate of drug-likeness (QED) is 0.843. The molecule has 0 amide bonds. The third-order valence-corrected chi connectivity index (χ3v) is 3.99. The zero-order valence-corrected chi connectivity index (χ0v) is 12.0. The number of benzene rings is 1. The molecular formula is C16H21NO3. The molecule has 1 aromatic carbocycles. The van der Waals surface area contributed by atoms with Crippen LogP contribution in [0, 0.1) is 0 Å². The fourth-order valence-electron chi connectivity index (χ4n) is 3.13. The zero-order valence-electron chi connectivity index (χ0n) is 12.0. The maximum absolute atomic E-state index is 12.3. The van der Waals surface area contributed by atoms with Crippen molar-refractivity contribution in [2.45, 2.75) is 57.5 Å². The predicted molar refractivity (Wildman–Crippen MR) is 76.7 cm³/mol. The molecule has 4 nitrogen and oxygen atoms in total. The van der Waals surface area contributed by atoms with Crippen molar-refractivity contribution in [3.05, 3.63) is 29.8 Å². The van der Waals surface area contributed by atoms with Gasteiger partial charge in [0.15, 0.2) is 0 Å². The van der Waals surface area contributed by atoms with Gasteiger partial charge in [0.25, 0.3) is 0 Å². The summed E-state index contributed by atoms with van der Waals surface area (Å²) in [6.07, 6.45) is 2.58. The van der Waals surface area contributed by atoms with Crippen LogP contribution in [0.4, 0.5) is 5.69 Å². The molecule has 0 bridgehead atoms. The second-order valence-electron chi connectivity index (χ2n) is 5.85. The van der Waals surface area contributed by atoms with Crippen LogP contribution in [0.3, 0.4) is 0 Å². The summed E-state index contributed by atoms with van der Waals surface area (Å²) in [5, 5.41) is 3.24. The molecule has 1 saturated heterocycles. The molecule has 3 rings (SSSR count). The lowest BCUT2D eigenvalue weighted by Crippen LogP contribution is -2.39. The van der Waals surface area contributed by atoms with E-state index in [1.807, 2.05) is 38.1 Å². The standard InChI is InChI=1S/C16H21NO3/c1-10-7-13(8-11(2)19-10)20-16(18)15-9-12-5-3-4-6-14(12)17-15/h3-6,10-11,13,15,17H,7-9H2,1-2H3/t10?,11?,13?,15-/m0/s1. The van der Waals surface area contributed by atoms with Gasteiger partial charge in [-0.25, -0.2) is 4.79 Å². The molecule has 2 unspecified atom stereocenters. The molecule has 4 heteroatoms. The zero-order chi connectivity index (χ0) is 14.1. The van der Waals surface area contributed by atoms with E-state index in [2.05, 4.69) is 5.32 Å². The third kappa shape index (κ3) is 2.80. The number of hydrogen-bond acceptors (Lipinski definition) is 4. The Morgan fingerprint density at radius 3 is 2.65 bits per heavy atom. The van der Waals surface area contributed by atoms with Gasteiger partial charge in [0.1, 0.15) is 12.1 Å². The molecule has 1 N–H and O–H groups in total. The first-order chi connectivity index (χ1) is 9.61. The van der Waals surface area contributed by atoms with Crippen molar-refractivity contribution in [2.75, 3.05) is 5.32 Å². The first kappa shape index (κ1) is 13.4. The SMILES string of the molecule is CC1CC(OC(=O)[C@@H]2Cc3ccccc3N2)CC(C)O1. The van der Waals surface area contributed by atoms with Gasteiger partial charge in [0.2, 0.25) is 0 Å². The molecule has 0 aromatic heterocycles. The molecule has 2 aliphatic rings. The molecule has 108 valence electrons. The first-order valence-corrected chi connectivity index (χ1v) is 7.32. The molecule has 0 saturated carbocycles. The second kappa shape index (κ2) is 5.44.